The zero-order valence-electron chi connectivity index (χ0n) is 12.2. The summed E-state index contributed by atoms with van der Waals surface area (Å²) in [7, 11) is 0. The smallest absolute Gasteiger partial charge is 0.251 e. The van der Waals surface area contributed by atoms with Crippen LogP contribution >= 0.6 is 27.5 Å². The summed E-state index contributed by atoms with van der Waals surface area (Å²) in [5.41, 5.74) is 0.423. The molecular formula is C17H19BrClNO. The predicted octanol–water partition coefficient (Wildman–Crippen LogP) is 5.13. The average molecular weight is 369 g/mol. The van der Waals surface area contributed by atoms with Crippen LogP contribution in [-0.4, -0.2) is 17.3 Å². The Morgan fingerprint density at radius 3 is 2.57 bits per heavy atom. The van der Waals surface area contributed by atoms with Gasteiger partial charge in [-0.05, 0) is 54.8 Å². The summed E-state index contributed by atoms with van der Waals surface area (Å²) in [6, 6.07) is 11.8. The summed E-state index contributed by atoms with van der Waals surface area (Å²) in [5.74, 6) is 0.491. The summed E-state index contributed by atoms with van der Waals surface area (Å²) in [5, 5.41) is 5.27. The van der Waals surface area contributed by atoms with Crippen molar-refractivity contribution in [2.24, 2.45) is 0 Å². The van der Waals surface area contributed by atoms with Gasteiger partial charge >= 0.3 is 0 Å². The number of carbonyl (C=O) groups excluding carboxylic acids is 1. The quantitative estimate of drug-likeness (QED) is 0.728. The molecular weight excluding hydrogens is 350 g/mol. The number of hydrogen-bond acceptors (Lipinski definition) is 1. The minimum absolute atomic E-state index is 0.0470. The highest BCUT2D eigenvalue weighted by atomic mass is 79.9. The molecule has 0 aromatic heterocycles. The van der Waals surface area contributed by atoms with Crippen LogP contribution in [0.25, 0.3) is 10.8 Å². The number of benzene rings is 2. The molecule has 2 nitrogen and oxygen atoms in total. The largest absolute Gasteiger partial charge is 0.347 e. The topological polar surface area (TPSA) is 29.1 Å². The van der Waals surface area contributed by atoms with Gasteiger partial charge in [0.1, 0.15) is 0 Å². The molecule has 21 heavy (non-hydrogen) atoms. The van der Waals surface area contributed by atoms with Gasteiger partial charge in [0.25, 0.3) is 5.91 Å². The highest BCUT2D eigenvalue weighted by Crippen LogP contribution is 2.22. The van der Waals surface area contributed by atoms with Crippen LogP contribution in [0.15, 0.2) is 40.9 Å². The summed E-state index contributed by atoms with van der Waals surface area (Å²) in [6.45, 7) is 4.09. The monoisotopic (exact) mass is 367 g/mol. The van der Waals surface area contributed by atoms with Crippen LogP contribution in [0.5, 0.6) is 0 Å². The molecule has 0 spiro atoms. The van der Waals surface area contributed by atoms with E-state index in [0.717, 1.165) is 28.1 Å². The second-order valence-electron chi connectivity index (χ2n) is 5.51. The lowest BCUT2D eigenvalue weighted by atomic mass is 9.94. The number of nitrogens with one attached hydrogen (secondary N) is 1. The van der Waals surface area contributed by atoms with Crippen LogP contribution < -0.4 is 5.32 Å². The summed E-state index contributed by atoms with van der Waals surface area (Å²) >= 11 is 9.29. The van der Waals surface area contributed by atoms with Crippen molar-refractivity contribution >= 4 is 44.2 Å². The molecule has 2 aromatic carbocycles. The number of hydrogen-bond donors (Lipinski definition) is 1. The number of halogens is 2. The molecule has 0 aliphatic rings. The Morgan fingerprint density at radius 1 is 1.24 bits per heavy atom. The Labute approximate surface area is 139 Å². The molecule has 0 fully saturated rings. The summed E-state index contributed by atoms with van der Waals surface area (Å²) < 4.78 is 1.04. The average Bonchev–Trinajstić information content (AvgIpc) is 2.46. The maximum atomic E-state index is 12.4. The van der Waals surface area contributed by atoms with Crippen LogP contribution in [-0.2, 0) is 0 Å². The fraction of sp³-hybridized carbons (Fsp3) is 0.353. The zero-order valence-corrected chi connectivity index (χ0v) is 14.6. The molecule has 1 atom stereocenters. The van der Waals surface area contributed by atoms with E-state index in [2.05, 4.69) is 28.2 Å². The Kier molecular flexibility index (Phi) is 5.28. The molecule has 2 aromatic rings. The third kappa shape index (κ3) is 3.98. The van der Waals surface area contributed by atoms with Gasteiger partial charge in [-0.15, -0.1) is 11.6 Å². The minimum Gasteiger partial charge on any atom is -0.347 e. The number of fused-ring (bicyclic) bond motifs is 1. The normalized spacial score (nSPS) is 13.9. The van der Waals surface area contributed by atoms with Crippen LogP contribution in [0, 0.1) is 0 Å². The Morgan fingerprint density at radius 2 is 1.90 bits per heavy atom. The standard InChI is InChI=1S/C17H19BrClNO/c1-3-17(2,8-9-19)20-16(21)14-5-4-13-11-15(18)7-6-12(13)10-14/h4-7,10-11H,3,8-9H2,1-2H3,(H,20,21). The van der Waals surface area contributed by atoms with E-state index >= 15 is 0 Å². The van der Waals surface area contributed by atoms with Crippen molar-refractivity contribution in [3.63, 3.8) is 0 Å². The van der Waals surface area contributed by atoms with Crippen LogP contribution in [0.2, 0.25) is 0 Å². The Bertz CT molecular complexity index is 658. The van der Waals surface area contributed by atoms with E-state index in [1.54, 1.807) is 0 Å². The maximum Gasteiger partial charge on any atom is 0.251 e. The first-order valence-corrected chi connectivity index (χ1v) is 8.38. The van der Waals surface area contributed by atoms with Gasteiger partial charge in [-0.1, -0.05) is 35.0 Å². The zero-order chi connectivity index (χ0) is 15.5. The van der Waals surface area contributed by atoms with Gasteiger partial charge in [-0.25, -0.2) is 0 Å². The van der Waals surface area contributed by atoms with E-state index in [1.807, 2.05) is 43.3 Å². The van der Waals surface area contributed by atoms with Crippen molar-refractivity contribution in [1.29, 1.82) is 0 Å². The highest BCUT2D eigenvalue weighted by Gasteiger charge is 2.24. The van der Waals surface area contributed by atoms with E-state index in [4.69, 9.17) is 11.6 Å². The molecule has 0 bridgehead atoms. The van der Waals surface area contributed by atoms with Crippen LogP contribution in [0.1, 0.15) is 37.0 Å². The molecule has 1 unspecified atom stereocenters. The molecule has 0 aliphatic heterocycles. The van der Waals surface area contributed by atoms with E-state index in [0.29, 0.717) is 11.4 Å². The molecule has 2 rings (SSSR count). The van der Waals surface area contributed by atoms with Crippen molar-refractivity contribution in [3.05, 3.63) is 46.4 Å². The lowest BCUT2D eigenvalue weighted by Crippen LogP contribution is -2.45. The predicted molar refractivity (Wildman–Crippen MR) is 93.1 cm³/mol. The molecule has 0 saturated heterocycles. The third-order valence-electron chi connectivity index (χ3n) is 3.91. The highest BCUT2D eigenvalue weighted by molar-refractivity contribution is 9.10. The van der Waals surface area contributed by atoms with Gasteiger partial charge in [0.15, 0.2) is 0 Å². The van der Waals surface area contributed by atoms with E-state index < -0.39 is 0 Å². The number of alkyl halides is 1. The molecule has 0 radical (unpaired) electrons. The van der Waals surface area contributed by atoms with Gasteiger partial charge in [-0.3, -0.25) is 4.79 Å². The van der Waals surface area contributed by atoms with Crippen molar-refractivity contribution in [3.8, 4) is 0 Å². The molecule has 112 valence electrons. The first-order valence-electron chi connectivity index (χ1n) is 7.05. The second-order valence-corrected chi connectivity index (χ2v) is 6.81. The van der Waals surface area contributed by atoms with E-state index in [9.17, 15) is 4.79 Å². The summed E-state index contributed by atoms with van der Waals surface area (Å²) in [6.07, 6.45) is 1.61. The molecule has 0 heterocycles. The SMILES string of the molecule is CCC(C)(CCCl)NC(=O)c1ccc2cc(Br)ccc2c1. The third-order valence-corrected chi connectivity index (χ3v) is 4.59. The van der Waals surface area contributed by atoms with Gasteiger partial charge in [0, 0.05) is 21.5 Å². The van der Waals surface area contributed by atoms with Gasteiger partial charge in [-0.2, -0.15) is 0 Å². The number of rotatable bonds is 5. The molecule has 0 saturated carbocycles. The molecule has 4 heteroatoms. The molecule has 0 aliphatic carbocycles. The lowest BCUT2D eigenvalue weighted by molar-refractivity contribution is 0.0901. The minimum atomic E-state index is -0.256. The van der Waals surface area contributed by atoms with Crippen molar-refractivity contribution in [2.45, 2.75) is 32.2 Å². The number of carbonyl (C=O) groups is 1. The van der Waals surface area contributed by atoms with E-state index in [1.165, 1.54) is 0 Å². The summed E-state index contributed by atoms with van der Waals surface area (Å²) in [4.78, 5) is 12.4. The fourth-order valence-corrected chi connectivity index (χ4v) is 3.04. The fourth-order valence-electron chi connectivity index (χ4n) is 2.24. The van der Waals surface area contributed by atoms with Crippen LogP contribution in [0.3, 0.4) is 0 Å². The Balaban J connectivity index is 2.25. The van der Waals surface area contributed by atoms with Crippen LogP contribution in [0.4, 0.5) is 0 Å². The van der Waals surface area contributed by atoms with Crippen molar-refractivity contribution in [1.82, 2.24) is 5.32 Å². The second kappa shape index (κ2) is 6.80. The molecule has 1 amide bonds. The first kappa shape index (κ1) is 16.3. The van der Waals surface area contributed by atoms with Gasteiger partial charge in [0.2, 0.25) is 0 Å². The van der Waals surface area contributed by atoms with Gasteiger partial charge in [0.05, 0.1) is 0 Å². The molecule has 1 N–H and O–H groups in total. The lowest BCUT2D eigenvalue weighted by Gasteiger charge is -2.29. The number of amides is 1. The van der Waals surface area contributed by atoms with E-state index in [-0.39, 0.29) is 11.4 Å². The van der Waals surface area contributed by atoms with Gasteiger partial charge < -0.3 is 5.32 Å². The maximum absolute atomic E-state index is 12.4. The van der Waals surface area contributed by atoms with Crippen molar-refractivity contribution < 1.29 is 4.79 Å². The Hall–Kier alpha value is -1.06. The first-order chi connectivity index (χ1) is 9.97. The van der Waals surface area contributed by atoms with Crippen molar-refractivity contribution in [2.75, 3.05) is 5.88 Å².